The third-order valence-corrected chi connectivity index (χ3v) is 7.99. The van der Waals surface area contributed by atoms with E-state index in [2.05, 4.69) is 49.2 Å². The third kappa shape index (κ3) is 6.43. The van der Waals surface area contributed by atoms with Crippen LogP contribution in [0.25, 0.3) is 0 Å². The molecule has 2 rings (SSSR count). The molecule has 0 saturated carbocycles. The molecule has 0 aliphatic carbocycles. The molecule has 1 aromatic carbocycles. The van der Waals surface area contributed by atoms with Crippen LogP contribution in [0.15, 0.2) is 27.0 Å². The van der Waals surface area contributed by atoms with Gasteiger partial charge in [0.2, 0.25) is 4.34 Å². The number of hydrogen-bond acceptors (Lipinski definition) is 6. The molecule has 0 aliphatic rings. The van der Waals surface area contributed by atoms with Crippen molar-refractivity contribution in [2.75, 3.05) is 7.11 Å². The Hall–Kier alpha value is -1.65. The maximum absolute atomic E-state index is 12.9. The molecule has 1 amide bonds. The average Bonchev–Trinajstić information content (AvgIpc) is 3.13. The summed E-state index contributed by atoms with van der Waals surface area (Å²) in [6, 6.07) is 4.11. The topological polar surface area (TPSA) is 115 Å². The largest absolute Gasteiger partial charge is 0.385 e. The standard InChI is InChI=1S/C22H33N3O4S2/c1-13(2)16-8-15(12-29-7)9-17(14(3)4)18(16)10-20(26)25-31(23,28)21-24-11-19(30-21)22(5,6)27/h8-9,11,13-14,27H,10,12H2,1-7H3,(H2,23,25,26,28). The number of hydrogen-bond donors (Lipinski definition) is 2. The zero-order valence-electron chi connectivity index (χ0n) is 19.3. The van der Waals surface area contributed by atoms with E-state index in [9.17, 15) is 14.1 Å². The summed E-state index contributed by atoms with van der Waals surface area (Å²) in [4.78, 5) is 17.4. The molecular formula is C22H33N3O4S2. The fourth-order valence-electron chi connectivity index (χ4n) is 3.32. The molecule has 1 atom stereocenters. The van der Waals surface area contributed by atoms with Crippen molar-refractivity contribution in [3.8, 4) is 0 Å². The van der Waals surface area contributed by atoms with Crippen molar-refractivity contribution >= 4 is 27.2 Å². The maximum atomic E-state index is 12.9. The molecule has 2 aromatic rings. The summed E-state index contributed by atoms with van der Waals surface area (Å²) >= 11 is 0.997. The summed E-state index contributed by atoms with van der Waals surface area (Å²) < 4.78 is 22.1. The Balaban J connectivity index is 2.46. The second-order valence-electron chi connectivity index (χ2n) is 8.78. The molecule has 9 heteroatoms. The van der Waals surface area contributed by atoms with Gasteiger partial charge in [-0.2, -0.15) is 0 Å². The highest BCUT2D eigenvalue weighted by atomic mass is 32.2. The van der Waals surface area contributed by atoms with Crippen LogP contribution < -0.4 is 5.14 Å². The van der Waals surface area contributed by atoms with Crippen molar-refractivity contribution in [1.29, 1.82) is 0 Å². The number of nitrogens with zero attached hydrogens (tertiary/aromatic N) is 2. The quantitative estimate of drug-likeness (QED) is 0.603. The van der Waals surface area contributed by atoms with Gasteiger partial charge in [-0.1, -0.05) is 39.8 Å². The molecule has 0 aliphatic heterocycles. The third-order valence-electron chi connectivity index (χ3n) is 4.84. The number of aromatic nitrogens is 1. The van der Waals surface area contributed by atoms with Crippen LogP contribution in [-0.4, -0.2) is 27.3 Å². The molecule has 1 unspecified atom stereocenters. The van der Waals surface area contributed by atoms with E-state index in [0.29, 0.717) is 11.5 Å². The Kier molecular flexibility index (Phi) is 8.15. The second-order valence-corrected chi connectivity index (χ2v) is 11.8. The molecule has 7 nitrogen and oxygen atoms in total. The molecule has 0 bridgehead atoms. The molecule has 1 heterocycles. The van der Waals surface area contributed by atoms with Crippen molar-refractivity contribution in [1.82, 2.24) is 4.98 Å². The van der Waals surface area contributed by atoms with E-state index in [-0.39, 0.29) is 22.6 Å². The van der Waals surface area contributed by atoms with Crippen LogP contribution in [0.3, 0.4) is 0 Å². The highest BCUT2D eigenvalue weighted by molar-refractivity contribution is 7.93. The summed E-state index contributed by atoms with van der Waals surface area (Å²) in [5.74, 6) is -0.184. The molecule has 0 radical (unpaired) electrons. The van der Waals surface area contributed by atoms with E-state index >= 15 is 0 Å². The average molecular weight is 468 g/mol. The van der Waals surface area contributed by atoms with Crippen LogP contribution in [0.4, 0.5) is 0 Å². The highest BCUT2D eigenvalue weighted by Gasteiger charge is 2.24. The molecule has 1 aromatic heterocycles. The number of nitrogens with two attached hydrogens (primary N) is 1. The van der Waals surface area contributed by atoms with E-state index in [1.165, 1.54) is 6.20 Å². The van der Waals surface area contributed by atoms with E-state index < -0.39 is 21.4 Å². The van der Waals surface area contributed by atoms with Gasteiger partial charge >= 0.3 is 0 Å². The lowest BCUT2D eigenvalue weighted by molar-refractivity contribution is -0.117. The zero-order chi connectivity index (χ0) is 23.6. The Labute approximate surface area is 189 Å². The first-order chi connectivity index (χ1) is 14.3. The number of carbonyl (C=O) groups is 1. The summed E-state index contributed by atoms with van der Waals surface area (Å²) in [5, 5.41) is 16.0. The number of methoxy groups -OCH3 is 1. The number of ether oxygens (including phenoxy) is 1. The predicted octanol–water partition coefficient (Wildman–Crippen LogP) is 4.23. The monoisotopic (exact) mass is 467 g/mol. The fourth-order valence-corrected chi connectivity index (χ4v) is 5.47. The van der Waals surface area contributed by atoms with Crippen molar-refractivity contribution in [3.05, 3.63) is 45.5 Å². The first kappa shape index (κ1) is 25.6. The minimum atomic E-state index is -3.50. The minimum Gasteiger partial charge on any atom is -0.385 e. The van der Waals surface area contributed by atoms with Gasteiger partial charge in [0.15, 0.2) is 9.92 Å². The van der Waals surface area contributed by atoms with Gasteiger partial charge in [0.05, 0.1) is 23.5 Å². The van der Waals surface area contributed by atoms with Crippen LogP contribution in [0.1, 0.15) is 80.5 Å². The van der Waals surface area contributed by atoms with Gasteiger partial charge in [-0.05, 0) is 47.9 Å². The van der Waals surface area contributed by atoms with Gasteiger partial charge in [-0.25, -0.2) is 14.3 Å². The highest BCUT2D eigenvalue weighted by Crippen LogP contribution is 2.31. The maximum Gasteiger partial charge on any atom is 0.259 e. The zero-order valence-corrected chi connectivity index (χ0v) is 20.9. The number of rotatable bonds is 8. The number of amides is 1. The van der Waals surface area contributed by atoms with Crippen LogP contribution in [0.2, 0.25) is 0 Å². The Morgan fingerprint density at radius 3 is 2.23 bits per heavy atom. The second kappa shape index (κ2) is 9.87. The van der Waals surface area contributed by atoms with Gasteiger partial charge in [-0.15, -0.1) is 15.7 Å². The summed E-state index contributed by atoms with van der Waals surface area (Å²) in [6.45, 7) is 12.0. The van der Waals surface area contributed by atoms with E-state index in [1.807, 2.05) is 0 Å². The normalized spacial score (nSPS) is 14.2. The van der Waals surface area contributed by atoms with E-state index in [1.54, 1.807) is 21.0 Å². The molecule has 0 fully saturated rings. The van der Waals surface area contributed by atoms with Crippen molar-refractivity contribution in [3.63, 3.8) is 0 Å². The Morgan fingerprint density at radius 1 is 1.26 bits per heavy atom. The van der Waals surface area contributed by atoms with Gasteiger partial charge in [0, 0.05) is 13.3 Å². The fraction of sp³-hybridized carbons (Fsp3) is 0.545. The van der Waals surface area contributed by atoms with E-state index in [4.69, 9.17) is 9.88 Å². The van der Waals surface area contributed by atoms with Gasteiger partial charge in [0.1, 0.15) is 0 Å². The summed E-state index contributed by atoms with van der Waals surface area (Å²) in [6.07, 6.45) is 1.42. The van der Waals surface area contributed by atoms with E-state index in [0.717, 1.165) is 33.6 Å². The van der Waals surface area contributed by atoms with Gasteiger partial charge in [0.25, 0.3) is 5.91 Å². The molecule has 172 valence electrons. The SMILES string of the molecule is COCc1cc(C(C)C)c(CC(=O)N=S(N)(=O)c2ncc(C(C)(C)O)s2)c(C(C)C)c1. The number of carbonyl (C=O) groups excluding carboxylic acids is 1. The number of aliphatic hydroxyl groups is 1. The summed E-state index contributed by atoms with van der Waals surface area (Å²) in [5.41, 5.74) is 2.89. The summed E-state index contributed by atoms with van der Waals surface area (Å²) in [7, 11) is -1.85. The van der Waals surface area contributed by atoms with Gasteiger partial charge < -0.3 is 9.84 Å². The van der Waals surface area contributed by atoms with Crippen molar-refractivity contribution < 1.29 is 18.8 Å². The Morgan fingerprint density at radius 2 is 1.81 bits per heavy atom. The van der Waals surface area contributed by atoms with Gasteiger partial charge in [-0.3, -0.25) is 4.79 Å². The smallest absolute Gasteiger partial charge is 0.259 e. The lowest BCUT2D eigenvalue weighted by Crippen LogP contribution is -2.17. The molecule has 31 heavy (non-hydrogen) atoms. The molecule has 3 N–H and O–H groups in total. The van der Waals surface area contributed by atoms with Crippen LogP contribution >= 0.6 is 11.3 Å². The molecule has 0 saturated heterocycles. The lowest BCUT2D eigenvalue weighted by Gasteiger charge is -2.21. The molecular weight excluding hydrogens is 434 g/mol. The Bertz CT molecular complexity index is 1030. The van der Waals surface area contributed by atoms with Crippen molar-refractivity contribution in [2.24, 2.45) is 9.50 Å². The lowest BCUT2D eigenvalue weighted by atomic mass is 9.85. The van der Waals surface area contributed by atoms with Crippen LogP contribution in [0, 0.1) is 0 Å². The first-order valence-electron chi connectivity index (χ1n) is 10.2. The predicted molar refractivity (Wildman–Crippen MR) is 124 cm³/mol. The van der Waals surface area contributed by atoms with Crippen LogP contribution in [0.5, 0.6) is 0 Å². The van der Waals surface area contributed by atoms with Crippen molar-refractivity contribution in [2.45, 2.75) is 76.3 Å². The molecule has 0 spiro atoms. The number of thiazole rings is 1. The van der Waals surface area contributed by atoms with Crippen LogP contribution in [-0.2, 0) is 38.1 Å². The minimum absolute atomic E-state index is 0.00616. The first-order valence-corrected chi connectivity index (χ1v) is 12.6. The number of benzene rings is 1.